The number of benzene rings is 1. The number of urea groups is 1. The maximum Gasteiger partial charge on any atom is 0.321 e. The molecule has 0 aliphatic rings. The van der Waals surface area contributed by atoms with E-state index in [4.69, 9.17) is 0 Å². The molecule has 0 atom stereocenters. The monoisotopic (exact) mass is 258 g/mol. The number of amides is 2. The van der Waals surface area contributed by atoms with Crippen LogP contribution < -0.4 is 10.6 Å². The fraction of sp³-hybridized carbons (Fsp3) is 0.286. The lowest BCUT2D eigenvalue weighted by molar-refractivity contribution is 0.249. The standard InChI is InChI=1S/C14H18N4O/c1-10(2)16-14(19)17-13-15-9-12(18(13)3)11-7-5-4-6-8-11/h4-10H,1-3H3,(H2,15,16,17,19). The van der Waals surface area contributed by atoms with E-state index in [1.165, 1.54) is 0 Å². The lowest BCUT2D eigenvalue weighted by Crippen LogP contribution is -2.34. The molecule has 0 spiro atoms. The second-order valence-electron chi connectivity index (χ2n) is 4.65. The average Bonchev–Trinajstić information content (AvgIpc) is 2.71. The number of hydrogen-bond donors (Lipinski definition) is 2. The summed E-state index contributed by atoms with van der Waals surface area (Å²) in [6, 6.07) is 9.78. The largest absolute Gasteiger partial charge is 0.336 e. The van der Waals surface area contributed by atoms with Gasteiger partial charge < -0.3 is 9.88 Å². The van der Waals surface area contributed by atoms with Crippen LogP contribution in [-0.4, -0.2) is 21.6 Å². The Hall–Kier alpha value is -2.30. The lowest BCUT2D eigenvalue weighted by atomic mass is 10.2. The van der Waals surface area contributed by atoms with Gasteiger partial charge in [-0.2, -0.15) is 0 Å². The quantitative estimate of drug-likeness (QED) is 0.889. The molecule has 1 heterocycles. The molecule has 0 saturated heterocycles. The Balaban J connectivity index is 2.17. The second kappa shape index (κ2) is 5.56. The Bertz CT molecular complexity index is 560. The predicted molar refractivity (Wildman–Crippen MR) is 75.9 cm³/mol. The average molecular weight is 258 g/mol. The Kier molecular flexibility index (Phi) is 3.85. The van der Waals surface area contributed by atoms with Crippen LogP contribution in [0.5, 0.6) is 0 Å². The molecular weight excluding hydrogens is 240 g/mol. The molecule has 1 aromatic carbocycles. The molecule has 0 aliphatic heterocycles. The van der Waals surface area contributed by atoms with Gasteiger partial charge in [-0.05, 0) is 19.4 Å². The predicted octanol–water partition coefficient (Wildman–Crippen LogP) is 2.62. The molecule has 5 nitrogen and oxygen atoms in total. The SMILES string of the molecule is CC(C)NC(=O)Nc1ncc(-c2ccccc2)n1C. The van der Waals surface area contributed by atoms with Crippen molar-refractivity contribution in [3.63, 3.8) is 0 Å². The fourth-order valence-corrected chi connectivity index (χ4v) is 1.80. The third-order valence-electron chi connectivity index (χ3n) is 2.70. The van der Waals surface area contributed by atoms with Gasteiger partial charge in [-0.3, -0.25) is 5.32 Å². The molecule has 0 unspecified atom stereocenters. The molecule has 2 amide bonds. The third kappa shape index (κ3) is 3.13. The number of aromatic nitrogens is 2. The molecule has 0 fully saturated rings. The minimum absolute atomic E-state index is 0.0915. The normalized spacial score (nSPS) is 10.5. The van der Waals surface area contributed by atoms with Gasteiger partial charge in [0.25, 0.3) is 0 Å². The van der Waals surface area contributed by atoms with Gasteiger partial charge >= 0.3 is 6.03 Å². The number of imidazole rings is 1. The van der Waals surface area contributed by atoms with Crippen molar-refractivity contribution in [1.82, 2.24) is 14.9 Å². The van der Waals surface area contributed by atoms with Crippen LogP contribution in [-0.2, 0) is 7.05 Å². The Morgan fingerprint density at radius 3 is 2.58 bits per heavy atom. The number of carbonyl (C=O) groups excluding carboxylic acids is 1. The zero-order valence-corrected chi connectivity index (χ0v) is 11.3. The Morgan fingerprint density at radius 2 is 1.95 bits per heavy atom. The molecule has 5 heteroatoms. The van der Waals surface area contributed by atoms with Crippen molar-refractivity contribution in [2.45, 2.75) is 19.9 Å². The Morgan fingerprint density at radius 1 is 1.26 bits per heavy atom. The van der Waals surface area contributed by atoms with Gasteiger partial charge in [0.1, 0.15) is 0 Å². The third-order valence-corrected chi connectivity index (χ3v) is 2.70. The molecular formula is C14H18N4O. The van der Waals surface area contributed by atoms with E-state index in [9.17, 15) is 4.79 Å². The number of nitrogens with zero attached hydrogens (tertiary/aromatic N) is 2. The van der Waals surface area contributed by atoms with E-state index in [0.29, 0.717) is 5.95 Å². The second-order valence-corrected chi connectivity index (χ2v) is 4.65. The molecule has 19 heavy (non-hydrogen) atoms. The van der Waals surface area contributed by atoms with Crippen LogP contribution in [0.2, 0.25) is 0 Å². The van der Waals surface area contributed by atoms with Gasteiger partial charge in [-0.15, -0.1) is 0 Å². The van der Waals surface area contributed by atoms with Gasteiger partial charge in [-0.25, -0.2) is 9.78 Å². The molecule has 1 aromatic heterocycles. The first-order chi connectivity index (χ1) is 9.08. The first-order valence-electron chi connectivity index (χ1n) is 6.22. The summed E-state index contributed by atoms with van der Waals surface area (Å²) in [6.07, 6.45) is 1.75. The topological polar surface area (TPSA) is 59.0 Å². The zero-order valence-electron chi connectivity index (χ0n) is 11.3. The minimum Gasteiger partial charge on any atom is -0.336 e. The van der Waals surface area contributed by atoms with Crippen LogP contribution in [0.15, 0.2) is 36.5 Å². The maximum atomic E-state index is 11.6. The van der Waals surface area contributed by atoms with Crippen molar-refractivity contribution in [2.75, 3.05) is 5.32 Å². The maximum absolute atomic E-state index is 11.6. The summed E-state index contributed by atoms with van der Waals surface area (Å²) >= 11 is 0. The summed E-state index contributed by atoms with van der Waals surface area (Å²) in [7, 11) is 1.88. The first-order valence-corrected chi connectivity index (χ1v) is 6.22. The number of hydrogen-bond acceptors (Lipinski definition) is 2. The summed E-state index contributed by atoms with van der Waals surface area (Å²) in [5.74, 6) is 0.525. The molecule has 0 saturated carbocycles. The van der Waals surface area contributed by atoms with Crippen molar-refractivity contribution in [3.05, 3.63) is 36.5 Å². The Labute approximate surface area is 112 Å². The summed E-state index contributed by atoms with van der Waals surface area (Å²) in [5, 5.41) is 5.50. The van der Waals surface area contributed by atoms with Crippen LogP contribution in [0.4, 0.5) is 10.7 Å². The van der Waals surface area contributed by atoms with E-state index >= 15 is 0 Å². The van der Waals surface area contributed by atoms with E-state index in [1.54, 1.807) is 6.20 Å². The molecule has 0 bridgehead atoms. The van der Waals surface area contributed by atoms with Crippen LogP contribution in [0.25, 0.3) is 11.3 Å². The highest BCUT2D eigenvalue weighted by atomic mass is 16.2. The summed E-state index contributed by atoms with van der Waals surface area (Å²) in [5.41, 5.74) is 2.02. The summed E-state index contributed by atoms with van der Waals surface area (Å²) in [4.78, 5) is 15.9. The molecule has 100 valence electrons. The summed E-state index contributed by atoms with van der Waals surface area (Å²) in [6.45, 7) is 3.82. The molecule has 0 radical (unpaired) electrons. The minimum atomic E-state index is -0.247. The van der Waals surface area contributed by atoms with Gasteiger partial charge in [-0.1, -0.05) is 30.3 Å². The number of rotatable bonds is 3. The van der Waals surface area contributed by atoms with Gasteiger partial charge in [0, 0.05) is 13.1 Å². The van der Waals surface area contributed by atoms with E-state index in [-0.39, 0.29) is 12.1 Å². The van der Waals surface area contributed by atoms with Crippen LogP contribution >= 0.6 is 0 Å². The molecule has 2 N–H and O–H groups in total. The van der Waals surface area contributed by atoms with Crippen molar-refractivity contribution in [1.29, 1.82) is 0 Å². The van der Waals surface area contributed by atoms with E-state index in [1.807, 2.05) is 55.8 Å². The van der Waals surface area contributed by atoms with E-state index in [2.05, 4.69) is 15.6 Å². The van der Waals surface area contributed by atoms with Crippen molar-refractivity contribution in [2.24, 2.45) is 7.05 Å². The van der Waals surface area contributed by atoms with Gasteiger partial charge in [0.15, 0.2) is 0 Å². The van der Waals surface area contributed by atoms with Gasteiger partial charge in [0.2, 0.25) is 5.95 Å². The van der Waals surface area contributed by atoms with Crippen LogP contribution in [0.1, 0.15) is 13.8 Å². The first kappa shape index (κ1) is 13.1. The number of nitrogens with one attached hydrogen (secondary N) is 2. The summed E-state index contributed by atoms with van der Waals surface area (Å²) < 4.78 is 1.86. The smallest absolute Gasteiger partial charge is 0.321 e. The number of anilines is 1. The zero-order chi connectivity index (χ0) is 13.8. The number of carbonyl (C=O) groups is 1. The van der Waals surface area contributed by atoms with Gasteiger partial charge in [0.05, 0.1) is 11.9 Å². The highest BCUT2D eigenvalue weighted by molar-refractivity contribution is 5.88. The molecule has 2 aromatic rings. The van der Waals surface area contributed by atoms with Crippen molar-refractivity contribution < 1.29 is 4.79 Å². The van der Waals surface area contributed by atoms with Crippen LogP contribution in [0, 0.1) is 0 Å². The van der Waals surface area contributed by atoms with E-state index < -0.39 is 0 Å². The lowest BCUT2D eigenvalue weighted by Gasteiger charge is -2.10. The van der Waals surface area contributed by atoms with E-state index in [0.717, 1.165) is 11.3 Å². The highest BCUT2D eigenvalue weighted by Gasteiger charge is 2.11. The molecule has 2 rings (SSSR count). The highest BCUT2D eigenvalue weighted by Crippen LogP contribution is 2.21. The van der Waals surface area contributed by atoms with Crippen molar-refractivity contribution >= 4 is 12.0 Å². The van der Waals surface area contributed by atoms with Crippen molar-refractivity contribution in [3.8, 4) is 11.3 Å². The molecule has 0 aliphatic carbocycles. The van der Waals surface area contributed by atoms with Crippen LogP contribution in [0.3, 0.4) is 0 Å². The fourth-order valence-electron chi connectivity index (χ4n) is 1.80.